The zero-order valence-corrected chi connectivity index (χ0v) is 12.1. The first-order chi connectivity index (χ1) is 9.17. The average Bonchev–Trinajstić information content (AvgIpc) is 2.80. The lowest BCUT2D eigenvalue weighted by Crippen LogP contribution is -2.17. The summed E-state index contributed by atoms with van der Waals surface area (Å²) in [6.07, 6.45) is 3.04. The quantitative estimate of drug-likeness (QED) is 0.936. The van der Waals surface area contributed by atoms with Gasteiger partial charge in [0.1, 0.15) is 5.75 Å². The summed E-state index contributed by atoms with van der Waals surface area (Å²) in [5.74, 6) is 0.897. The van der Waals surface area contributed by atoms with Gasteiger partial charge in [0.15, 0.2) is 0 Å². The van der Waals surface area contributed by atoms with Crippen LogP contribution in [0.25, 0.3) is 11.3 Å². The molecule has 0 aliphatic heterocycles. The summed E-state index contributed by atoms with van der Waals surface area (Å²) in [5, 5.41) is 1.15. The van der Waals surface area contributed by atoms with Crippen molar-refractivity contribution in [3.8, 4) is 17.0 Å². The van der Waals surface area contributed by atoms with Gasteiger partial charge < -0.3 is 10.5 Å². The molecule has 3 rings (SSSR count). The number of nitrogens with two attached hydrogens (primary N) is 1. The molecule has 1 aromatic carbocycles. The van der Waals surface area contributed by atoms with Gasteiger partial charge in [-0.05, 0) is 37.5 Å². The van der Waals surface area contributed by atoms with E-state index >= 15 is 0 Å². The van der Waals surface area contributed by atoms with E-state index in [0.29, 0.717) is 0 Å². The summed E-state index contributed by atoms with van der Waals surface area (Å²) in [6.45, 7) is 2.03. The van der Waals surface area contributed by atoms with E-state index in [2.05, 4.69) is 12.1 Å². The van der Waals surface area contributed by atoms with Crippen LogP contribution in [0.1, 0.15) is 22.4 Å². The summed E-state index contributed by atoms with van der Waals surface area (Å²) in [5.41, 5.74) is 9.60. The molecule has 0 saturated carbocycles. The fourth-order valence-corrected chi connectivity index (χ4v) is 3.74. The second-order valence-corrected chi connectivity index (χ2v) is 6.25. The monoisotopic (exact) mass is 274 g/mol. The first kappa shape index (κ1) is 12.6. The van der Waals surface area contributed by atoms with E-state index in [4.69, 9.17) is 15.5 Å². The van der Waals surface area contributed by atoms with E-state index in [1.165, 1.54) is 16.0 Å². The standard InChI is InChI=1S/C15H18N2OS/c1-9(16)7-14-17-15-12-8-11(18-2)5-3-10(12)4-6-13(15)19-14/h3,5,8-9H,4,6-7,16H2,1-2H3. The molecule has 3 nitrogen and oxygen atoms in total. The highest BCUT2D eigenvalue weighted by Crippen LogP contribution is 2.38. The minimum Gasteiger partial charge on any atom is -0.497 e. The lowest BCUT2D eigenvalue weighted by atomic mass is 9.93. The van der Waals surface area contributed by atoms with Crippen LogP contribution in [0.2, 0.25) is 0 Å². The van der Waals surface area contributed by atoms with Crippen molar-refractivity contribution in [1.82, 2.24) is 4.98 Å². The number of hydrogen-bond acceptors (Lipinski definition) is 4. The van der Waals surface area contributed by atoms with Gasteiger partial charge in [-0.1, -0.05) is 6.07 Å². The van der Waals surface area contributed by atoms with Crippen LogP contribution < -0.4 is 10.5 Å². The highest BCUT2D eigenvalue weighted by molar-refractivity contribution is 7.12. The van der Waals surface area contributed by atoms with Crippen LogP contribution >= 0.6 is 11.3 Å². The van der Waals surface area contributed by atoms with E-state index in [9.17, 15) is 0 Å². The zero-order valence-electron chi connectivity index (χ0n) is 11.3. The fourth-order valence-electron chi connectivity index (χ4n) is 2.51. The van der Waals surface area contributed by atoms with Crippen LogP contribution in [-0.4, -0.2) is 18.1 Å². The van der Waals surface area contributed by atoms with Gasteiger partial charge in [-0.3, -0.25) is 0 Å². The molecule has 100 valence electrons. The molecular formula is C15H18N2OS. The summed E-state index contributed by atoms with van der Waals surface area (Å²) >= 11 is 1.81. The minimum absolute atomic E-state index is 0.164. The van der Waals surface area contributed by atoms with Gasteiger partial charge in [0.2, 0.25) is 0 Å². The summed E-state index contributed by atoms with van der Waals surface area (Å²) in [7, 11) is 1.70. The normalized spacial score (nSPS) is 14.7. The summed E-state index contributed by atoms with van der Waals surface area (Å²) in [6, 6.07) is 6.45. The average molecular weight is 274 g/mol. The lowest BCUT2D eigenvalue weighted by molar-refractivity contribution is 0.415. The molecule has 2 aromatic rings. The van der Waals surface area contributed by atoms with Gasteiger partial charge in [-0.2, -0.15) is 0 Å². The van der Waals surface area contributed by atoms with E-state index < -0.39 is 0 Å². The summed E-state index contributed by atoms with van der Waals surface area (Å²) in [4.78, 5) is 6.18. The maximum Gasteiger partial charge on any atom is 0.119 e. The lowest BCUT2D eigenvalue weighted by Gasteiger charge is -2.15. The maximum atomic E-state index is 5.87. The Balaban J connectivity index is 2.04. The highest BCUT2D eigenvalue weighted by atomic mass is 32.1. The molecule has 0 spiro atoms. The molecular weight excluding hydrogens is 256 g/mol. The Morgan fingerprint density at radius 1 is 1.42 bits per heavy atom. The second kappa shape index (κ2) is 4.94. The zero-order chi connectivity index (χ0) is 13.4. The Morgan fingerprint density at radius 2 is 2.26 bits per heavy atom. The predicted molar refractivity (Wildman–Crippen MR) is 78.9 cm³/mol. The van der Waals surface area contributed by atoms with Gasteiger partial charge in [-0.25, -0.2) is 4.98 Å². The third kappa shape index (κ3) is 2.38. The SMILES string of the molecule is COc1ccc2c(c1)-c1nc(CC(C)N)sc1CC2. The molecule has 19 heavy (non-hydrogen) atoms. The predicted octanol–water partition coefficient (Wildman–Crippen LogP) is 2.81. The smallest absolute Gasteiger partial charge is 0.119 e. The van der Waals surface area contributed by atoms with Crippen molar-refractivity contribution < 1.29 is 4.74 Å². The first-order valence-corrected chi connectivity index (χ1v) is 7.40. The molecule has 0 bridgehead atoms. The van der Waals surface area contributed by atoms with Crippen molar-refractivity contribution in [2.75, 3.05) is 7.11 Å². The Morgan fingerprint density at radius 3 is 3.00 bits per heavy atom. The number of rotatable bonds is 3. The summed E-state index contributed by atoms with van der Waals surface area (Å²) < 4.78 is 5.32. The molecule has 0 radical (unpaired) electrons. The molecule has 2 N–H and O–H groups in total. The molecule has 1 atom stereocenters. The molecule has 1 aliphatic rings. The van der Waals surface area contributed by atoms with Crippen LogP contribution in [-0.2, 0) is 19.3 Å². The molecule has 0 amide bonds. The van der Waals surface area contributed by atoms with Crippen molar-refractivity contribution >= 4 is 11.3 Å². The topological polar surface area (TPSA) is 48.1 Å². The van der Waals surface area contributed by atoms with Crippen molar-refractivity contribution in [3.63, 3.8) is 0 Å². The number of fused-ring (bicyclic) bond motifs is 3. The van der Waals surface area contributed by atoms with Crippen molar-refractivity contribution in [1.29, 1.82) is 0 Å². The van der Waals surface area contributed by atoms with Gasteiger partial charge in [0.25, 0.3) is 0 Å². The number of nitrogens with zero attached hydrogens (tertiary/aromatic N) is 1. The second-order valence-electron chi connectivity index (χ2n) is 5.08. The van der Waals surface area contributed by atoms with Crippen molar-refractivity contribution in [2.24, 2.45) is 5.73 Å². The number of methoxy groups -OCH3 is 1. The molecule has 0 fully saturated rings. The fraction of sp³-hybridized carbons (Fsp3) is 0.400. The Hall–Kier alpha value is -1.39. The number of aromatic nitrogens is 1. The van der Waals surface area contributed by atoms with E-state index in [1.807, 2.05) is 24.3 Å². The van der Waals surface area contributed by atoms with Crippen molar-refractivity contribution in [2.45, 2.75) is 32.2 Å². The van der Waals surface area contributed by atoms with Crippen LogP contribution in [0.5, 0.6) is 5.75 Å². The van der Waals surface area contributed by atoms with Gasteiger partial charge >= 0.3 is 0 Å². The number of ether oxygens (including phenoxy) is 1. The highest BCUT2D eigenvalue weighted by Gasteiger charge is 2.21. The number of thiazole rings is 1. The van der Waals surface area contributed by atoms with Gasteiger partial charge in [0, 0.05) is 22.9 Å². The van der Waals surface area contributed by atoms with Crippen LogP contribution in [0, 0.1) is 0 Å². The van der Waals surface area contributed by atoms with Crippen LogP contribution in [0.4, 0.5) is 0 Å². The third-order valence-corrected chi connectivity index (χ3v) is 4.57. The van der Waals surface area contributed by atoms with E-state index in [1.54, 1.807) is 7.11 Å². The first-order valence-electron chi connectivity index (χ1n) is 6.59. The Labute approximate surface area is 117 Å². The third-order valence-electron chi connectivity index (χ3n) is 3.43. The maximum absolute atomic E-state index is 5.87. The largest absolute Gasteiger partial charge is 0.497 e. The molecule has 1 heterocycles. The minimum atomic E-state index is 0.164. The van der Waals surface area contributed by atoms with E-state index in [-0.39, 0.29) is 6.04 Å². The van der Waals surface area contributed by atoms with Crippen LogP contribution in [0.3, 0.4) is 0 Å². The van der Waals surface area contributed by atoms with Crippen LogP contribution in [0.15, 0.2) is 18.2 Å². The molecule has 0 saturated heterocycles. The number of benzene rings is 1. The molecule has 4 heteroatoms. The number of aryl methyl sites for hydroxylation is 2. The van der Waals surface area contributed by atoms with Gasteiger partial charge in [-0.15, -0.1) is 11.3 Å². The van der Waals surface area contributed by atoms with Gasteiger partial charge in [0.05, 0.1) is 17.8 Å². The molecule has 1 aromatic heterocycles. The Bertz CT molecular complexity index is 604. The Kier molecular flexibility index (Phi) is 3.29. The van der Waals surface area contributed by atoms with E-state index in [0.717, 1.165) is 35.7 Å². The molecule has 1 aliphatic carbocycles. The van der Waals surface area contributed by atoms with Crippen molar-refractivity contribution in [3.05, 3.63) is 33.6 Å². The molecule has 1 unspecified atom stereocenters. The number of hydrogen-bond donors (Lipinski definition) is 1.